The molecule has 224 valence electrons. The van der Waals surface area contributed by atoms with Gasteiger partial charge in [0.05, 0.1) is 21.8 Å². The Hall–Kier alpha value is -5.96. The standard InChI is InChI=1S/C46H29NS/c1-2-13-30(14-3-1)35-17-4-7-23-41(35)47(43-25-12-22-40-38-19-6-9-26-44(38)48-46(40)43)42-24-8-5-18-37(42)39-21-11-16-31-15-10-20-36(45(31)39)34-28-32-27-33(32)29-34/h1-29H. The first kappa shape index (κ1) is 27.2. The Morgan fingerprint density at radius 3 is 1.73 bits per heavy atom. The fraction of sp³-hybridized carbons (Fsp3) is 0. The van der Waals surface area contributed by atoms with Crippen LogP contribution in [0.5, 0.6) is 0 Å². The van der Waals surface area contributed by atoms with Gasteiger partial charge in [-0.2, -0.15) is 0 Å². The van der Waals surface area contributed by atoms with Crippen molar-refractivity contribution in [1.29, 1.82) is 0 Å². The molecule has 48 heavy (non-hydrogen) atoms. The maximum atomic E-state index is 2.51. The summed E-state index contributed by atoms with van der Waals surface area (Å²) in [5.41, 5.74) is 13.6. The SMILES string of the molecule is c1ccc(-c2ccccc2N(c2ccccc2-c2cccc3cccc(-c4cc5cc-5c4)c23)c2cccc3c2sc2ccccc23)cc1. The minimum atomic E-state index is 1.15. The molecule has 0 N–H and O–H groups in total. The van der Waals surface area contributed by atoms with Crippen LogP contribution in [0, 0.1) is 0 Å². The summed E-state index contributed by atoms with van der Waals surface area (Å²) in [5, 5.41) is 5.12. The van der Waals surface area contributed by atoms with E-state index in [0.717, 1.165) is 11.4 Å². The second kappa shape index (κ2) is 10.8. The molecule has 0 bridgehead atoms. The van der Waals surface area contributed by atoms with Gasteiger partial charge in [-0.1, -0.05) is 133 Å². The van der Waals surface area contributed by atoms with Crippen LogP contribution in [0.15, 0.2) is 176 Å². The molecule has 8 aromatic rings. The fourth-order valence-corrected chi connectivity index (χ4v) is 8.65. The second-order valence-corrected chi connectivity index (χ2v) is 13.5. The molecule has 0 amide bonds. The number of nitrogens with zero attached hydrogens (tertiary/aromatic N) is 1. The van der Waals surface area contributed by atoms with Gasteiger partial charge in [0.1, 0.15) is 0 Å². The minimum Gasteiger partial charge on any atom is -0.308 e. The highest BCUT2D eigenvalue weighted by Crippen LogP contribution is 2.51. The van der Waals surface area contributed by atoms with Crippen molar-refractivity contribution >= 4 is 59.3 Å². The van der Waals surface area contributed by atoms with Crippen LogP contribution in [0.3, 0.4) is 0 Å². The van der Waals surface area contributed by atoms with E-state index < -0.39 is 0 Å². The molecule has 2 heteroatoms. The number of anilines is 3. The summed E-state index contributed by atoms with van der Waals surface area (Å²) < 4.78 is 2.58. The highest BCUT2D eigenvalue weighted by Gasteiger charge is 2.24. The Labute approximate surface area is 283 Å². The van der Waals surface area contributed by atoms with Gasteiger partial charge in [0, 0.05) is 26.6 Å². The van der Waals surface area contributed by atoms with Crippen molar-refractivity contribution in [3.8, 4) is 44.5 Å². The van der Waals surface area contributed by atoms with Crippen molar-refractivity contribution < 1.29 is 0 Å². The lowest BCUT2D eigenvalue weighted by molar-refractivity contribution is 1.30. The van der Waals surface area contributed by atoms with Gasteiger partial charge in [0.15, 0.2) is 0 Å². The fourth-order valence-electron chi connectivity index (χ4n) is 7.44. The number of thiophene rings is 1. The van der Waals surface area contributed by atoms with E-state index >= 15 is 0 Å². The van der Waals surface area contributed by atoms with E-state index in [1.165, 1.54) is 81.1 Å². The van der Waals surface area contributed by atoms with Crippen molar-refractivity contribution in [2.24, 2.45) is 0 Å². The van der Waals surface area contributed by atoms with Gasteiger partial charge in [-0.05, 0) is 86.6 Å². The van der Waals surface area contributed by atoms with Crippen LogP contribution in [-0.2, 0) is 0 Å². The number of hydrogen-bond donors (Lipinski definition) is 0. The molecule has 2 aliphatic carbocycles. The van der Waals surface area contributed by atoms with Gasteiger partial charge in [0.25, 0.3) is 0 Å². The topological polar surface area (TPSA) is 3.24 Å². The van der Waals surface area contributed by atoms with E-state index in [9.17, 15) is 0 Å². The Morgan fingerprint density at radius 2 is 0.917 bits per heavy atom. The van der Waals surface area contributed by atoms with Crippen molar-refractivity contribution in [2.75, 3.05) is 4.90 Å². The molecular formula is C46H29NS. The van der Waals surface area contributed by atoms with Gasteiger partial charge in [-0.25, -0.2) is 0 Å². The molecule has 0 saturated carbocycles. The second-order valence-electron chi connectivity index (χ2n) is 12.5. The van der Waals surface area contributed by atoms with Crippen molar-refractivity contribution in [1.82, 2.24) is 0 Å². The van der Waals surface area contributed by atoms with E-state index in [0.29, 0.717) is 0 Å². The van der Waals surface area contributed by atoms with Crippen LogP contribution in [0.2, 0.25) is 0 Å². The molecule has 0 spiro atoms. The van der Waals surface area contributed by atoms with Gasteiger partial charge in [0.2, 0.25) is 0 Å². The van der Waals surface area contributed by atoms with Gasteiger partial charge in [-0.15, -0.1) is 11.3 Å². The van der Waals surface area contributed by atoms with Gasteiger partial charge >= 0.3 is 0 Å². The number of fused-ring (bicyclic) bond motifs is 5. The quantitative estimate of drug-likeness (QED) is 0.177. The normalized spacial score (nSPS) is 11.8. The van der Waals surface area contributed by atoms with Crippen molar-refractivity contribution in [2.45, 2.75) is 0 Å². The Balaban J connectivity index is 1.28. The van der Waals surface area contributed by atoms with E-state index in [1.54, 1.807) is 0 Å². The zero-order chi connectivity index (χ0) is 31.6. The summed E-state index contributed by atoms with van der Waals surface area (Å²) in [7, 11) is 0. The summed E-state index contributed by atoms with van der Waals surface area (Å²) in [6.07, 6.45) is 0. The Kier molecular flexibility index (Phi) is 6.12. The van der Waals surface area contributed by atoms with Gasteiger partial charge < -0.3 is 4.90 Å². The van der Waals surface area contributed by atoms with Gasteiger partial charge in [-0.3, -0.25) is 0 Å². The van der Waals surface area contributed by atoms with Crippen LogP contribution < -0.4 is 4.90 Å². The molecule has 1 heterocycles. The highest BCUT2D eigenvalue weighted by molar-refractivity contribution is 7.26. The summed E-state index contributed by atoms with van der Waals surface area (Å²) in [6.45, 7) is 0. The first-order valence-corrected chi connectivity index (χ1v) is 17.3. The molecule has 0 saturated heterocycles. The van der Waals surface area contributed by atoms with Crippen LogP contribution in [-0.4, -0.2) is 0 Å². The molecular weight excluding hydrogens is 599 g/mol. The Bertz CT molecular complexity index is 2660. The average Bonchev–Trinajstić information content (AvgIpc) is 3.57. The van der Waals surface area contributed by atoms with E-state index in [1.807, 2.05) is 11.3 Å². The predicted molar refractivity (Wildman–Crippen MR) is 207 cm³/mol. The number of rotatable bonds is 6. The van der Waals surface area contributed by atoms with Crippen LogP contribution >= 0.6 is 11.3 Å². The zero-order valence-electron chi connectivity index (χ0n) is 26.1. The highest BCUT2D eigenvalue weighted by atomic mass is 32.1. The van der Waals surface area contributed by atoms with E-state index in [-0.39, 0.29) is 0 Å². The maximum absolute atomic E-state index is 2.51. The summed E-state index contributed by atoms with van der Waals surface area (Å²) in [6, 6.07) is 64.5. The predicted octanol–water partition coefficient (Wildman–Crippen LogP) is 13.7. The van der Waals surface area contributed by atoms with Crippen molar-refractivity contribution in [3.63, 3.8) is 0 Å². The zero-order valence-corrected chi connectivity index (χ0v) is 26.9. The molecule has 0 fully saturated rings. The third-order valence-electron chi connectivity index (χ3n) is 9.69. The molecule has 7 aromatic carbocycles. The molecule has 0 radical (unpaired) electrons. The first-order valence-electron chi connectivity index (χ1n) is 16.4. The lowest BCUT2D eigenvalue weighted by Gasteiger charge is -2.30. The van der Waals surface area contributed by atoms with Crippen molar-refractivity contribution in [3.05, 3.63) is 176 Å². The summed E-state index contributed by atoms with van der Waals surface area (Å²) in [5.74, 6) is 0. The number of para-hydroxylation sites is 2. The maximum Gasteiger partial charge on any atom is 0.0640 e. The molecule has 1 aromatic heterocycles. The molecule has 10 rings (SSSR count). The lowest BCUT2D eigenvalue weighted by atomic mass is 9.91. The summed E-state index contributed by atoms with van der Waals surface area (Å²) >= 11 is 1.87. The van der Waals surface area contributed by atoms with Crippen LogP contribution in [0.1, 0.15) is 0 Å². The molecule has 0 atom stereocenters. The number of benzene rings is 8. The molecule has 0 aliphatic heterocycles. The smallest absolute Gasteiger partial charge is 0.0640 e. The third kappa shape index (κ3) is 4.31. The van der Waals surface area contributed by atoms with E-state index in [2.05, 4.69) is 181 Å². The average molecular weight is 628 g/mol. The van der Waals surface area contributed by atoms with E-state index in [4.69, 9.17) is 0 Å². The lowest BCUT2D eigenvalue weighted by Crippen LogP contribution is -2.12. The number of hydrogen-bond acceptors (Lipinski definition) is 2. The molecule has 0 unspecified atom stereocenters. The minimum absolute atomic E-state index is 1.15. The molecule has 1 nitrogen and oxygen atoms in total. The summed E-state index contributed by atoms with van der Waals surface area (Å²) in [4.78, 5) is 2.51. The van der Waals surface area contributed by atoms with Crippen LogP contribution in [0.25, 0.3) is 75.5 Å². The van der Waals surface area contributed by atoms with Crippen LogP contribution in [0.4, 0.5) is 17.1 Å². The third-order valence-corrected chi connectivity index (χ3v) is 10.9. The monoisotopic (exact) mass is 627 g/mol. The Morgan fingerprint density at radius 1 is 0.354 bits per heavy atom. The molecule has 2 aliphatic rings. The first-order chi connectivity index (χ1) is 23.8. The largest absolute Gasteiger partial charge is 0.308 e.